The van der Waals surface area contributed by atoms with Gasteiger partial charge in [-0.2, -0.15) is 0 Å². The van der Waals surface area contributed by atoms with Crippen LogP contribution in [0.1, 0.15) is 19.3 Å². The second-order valence-electron chi connectivity index (χ2n) is 5.02. The van der Waals surface area contributed by atoms with Crippen molar-refractivity contribution < 1.29 is 14.6 Å². The van der Waals surface area contributed by atoms with Crippen molar-refractivity contribution in [3.8, 4) is 5.88 Å². The Kier molecular flexibility index (Phi) is 3.67. The third kappa shape index (κ3) is 2.78. The van der Waals surface area contributed by atoms with Crippen LogP contribution in [0.3, 0.4) is 0 Å². The highest BCUT2D eigenvalue weighted by molar-refractivity contribution is 9.10. The molecule has 0 bridgehead atoms. The highest BCUT2D eigenvalue weighted by atomic mass is 79.9. The van der Waals surface area contributed by atoms with Crippen molar-refractivity contribution in [1.82, 2.24) is 9.78 Å². The molecule has 2 aromatic rings. The number of ether oxygens (including phenoxy) is 1. The average Bonchev–Trinajstić information content (AvgIpc) is 2.37. The number of hydrogen-bond acceptors (Lipinski definition) is 4. The van der Waals surface area contributed by atoms with E-state index in [1.165, 1.54) is 0 Å². The number of carboxylic acid groups (broad SMARTS) is 1. The fourth-order valence-corrected chi connectivity index (χ4v) is 2.56. The average molecular weight is 353 g/mol. The van der Waals surface area contributed by atoms with Gasteiger partial charge in [-0.3, -0.25) is 9.59 Å². The Morgan fingerprint density at radius 2 is 2.19 bits per heavy atom. The highest BCUT2D eigenvalue weighted by Crippen LogP contribution is 2.29. The topological polar surface area (TPSA) is 81.4 Å². The summed E-state index contributed by atoms with van der Waals surface area (Å²) in [6, 6.07) is 5.15. The number of hydrogen-bond donors (Lipinski definition) is 1. The molecule has 1 aliphatic carbocycles. The summed E-state index contributed by atoms with van der Waals surface area (Å²) in [7, 11) is 0. The van der Waals surface area contributed by atoms with E-state index < -0.39 is 18.1 Å². The zero-order valence-corrected chi connectivity index (χ0v) is 12.7. The number of aliphatic carboxylic acids is 1. The lowest BCUT2D eigenvalue weighted by Gasteiger charge is -2.26. The fraction of sp³-hybridized carbons (Fsp3) is 0.357. The van der Waals surface area contributed by atoms with E-state index in [0.717, 1.165) is 28.4 Å². The van der Waals surface area contributed by atoms with Gasteiger partial charge in [0.1, 0.15) is 12.6 Å². The van der Waals surface area contributed by atoms with Gasteiger partial charge in [-0.05, 0) is 37.5 Å². The van der Waals surface area contributed by atoms with Gasteiger partial charge in [0, 0.05) is 4.47 Å². The van der Waals surface area contributed by atoms with Gasteiger partial charge in [0.05, 0.1) is 10.8 Å². The van der Waals surface area contributed by atoms with E-state index in [9.17, 15) is 9.59 Å². The Labute approximate surface area is 128 Å². The molecule has 1 fully saturated rings. The SMILES string of the molecule is O=C(O)Cn1nc(OC2CCC2)c2cc(Br)ccc2c1=O. The summed E-state index contributed by atoms with van der Waals surface area (Å²) in [6.07, 6.45) is 3.11. The third-order valence-corrected chi connectivity index (χ3v) is 4.00. The maximum atomic E-state index is 12.3. The van der Waals surface area contributed by atoms with E-state index >= 15 is 0 Å². The summed E-state index contributed by atoms with van der Waals surface area (Å²) in [6.45, 7) is -0.480. The van der Waals surface area contributed by atoms with Gasteiger partial charge in [0.2, 0.25) is 5.88 Å². The molecule has 110 valence electrons. The quantitative estimate of drug-likeness (QED) is 0.911. The molecule has 1 N–H and O–H groups in total. The van der Waals surface area contributed by atoms with Crippen LogP contribution in [0.2, 0.25) is 0 Å². The Morgan fingerprint density at radius 3 is 2.81 bits per heavy atom. The molecule has 0 spiro atoms. The largest absolute Gasteiger partial charge is 0.480 e. The Balaban J connectivity index is 2.16. The van der Waals surface area contributed by atoms with Crippen molar-refractivity contribution >= 4 is 32.7 Å². The molecule has 6 nitrogen and oxygen atoms in total. The molecule has 0 radical (unpaired) electrons. The predicted octanol–water partition coefficient (Wildman–Crippen LogP) is 2.17. The summed E-state index contributed by atoms with van der Waals surface area (Å²) >= 11 is 3.36. The number of aromatic nitrogens is 2. The van der Waals surface area contributed by atoms with Gasteiger partial charge in [0.15, 0.2) is 0 Å². The van der Waals surface area contributed by atoms with Crippen LogP contribution in [0.4, 0.5) is 0 Å². The first-order valence-corrected chi connectivity index (χ1v) is 7.43. The van der Waals surface area contributed by atoms with Gasteiger partial charge in [0.25, 0.3) is 5.56 Å². The molecule has 1 heterocycles. The monoisotopic (exact) mass is 352 g/mol. The molecular formula is C14H13BrN2O4. The minimum absolute atomic E-state index is 0.0930. The van der Waals surface area contributed by atoms with Gasteiger partial charge in [-0.15, -0.1) is 5.10 Å². The second kappa shape index (κ2) is 5.48. The number of carbonyl (C=O) groups is 1. The smallest absolute Gasteiger partial charge is 0.325 e. The predicted molar refractivity (Wildman–Crippen MR) is 79.6 cm³/mol. The van der Waals surface area contributed by atoms with Gasteiger partial charge >= 0.3 is 5.97 Å². The minimum Gasteiger partial charge on any atom is -0.480 e. The van der Waals surface area contributed by atoms with Gasteiger partial charge < -0.3 is 9.84 Å². The Bertz CT molecular complexity index is 767. The first-order chi connectivity index (χ1) is 10.0. The first-order valence-electron chi connectivity index (χ1n) is 6.63. The van der Waals surface area contributed by atoms with Crippen LogP contribution in [0.5, 0.6) is 5.88 Å². The van der Waals surface area contributed by atoms with Crippen LogP contribution >= 0.6 is 15.9 Å². The molecule has 1 aliphatic rings. The lowest BCUT2D eigenvalue weighted by Crippen LogP contribution is -2.30. The van der Waals surface area contributed by atoms with E-state index in [-0.39, 0.29) is 6.10 Å². The van der Waals surface area contributed by atoms with E-state index in [1.807, 2.05) is 0 Å². The molecule has 1 saturated carbocycles. The van der Waals surface area contributed by atoms with Gasteiger partial charge in [-0.25, -0.2) is 4.68 Å². The van der Waals surface area contributed by atoms with Crippen LogP contribution in [0, 0.1) is 0 Å². The van der Waals surface area contributed by atoms with Crippen LogP contribution in [0.25, 0.3) is 10.8 Å². The minimum atomic E-state index is -1.12. The van der Waals surface area contributed by atoms with Crippen molar-refractivity contribution in [1.29, 1.82) is 0 Å². The van der Waals surface area contributed by atoms with Crippen LogP contribution < -0.4 is 10.3 Å². The summed E-state index contributed by atoms with van der Waals surface area (Å²) in [5, 5.41) is 14.0. The Hall–Kier alpha value is -1.89. The highest BCUT2D eigenvalue weighted by Gasteiger charge is 2.22. The van der Waals surface area contributed by atoms with E-state index in [4.69, 9.17) is 9.84 Å². The molecule has 1 aromatic heterocycles. The number of halogens is 1. The van der Waals surface area contributed by atoms with E-state index in [2.05, 4.69) is 21.0 Å². The third-order valence-electron chi connectivity index (χ3n) is 3.50. The summed E-state index contributed by atoms with van der Waals surface area (Å²) in [5.41, 5.74) is -0.430. The summed E-state index contributed by atoms with van der Waals surface area (Å²) in [4.78, 5) is 23.1. The van der Waals surface area contributed by atoms with Crippen molar-refractivity contribution in [3.05, 3.63) is 33.0 Å². The molecular weight excluding hydrogens is 340 g/mol. The maximum Gasteiger partial charge on any atom is 0.325 e. The number of nitrogens with zero attached hydrogens (tertiary/aromatic N) is 2. The normalized spacial score (nSPS) is 14.9. The first kappa shape index (κ1) is 14.1. The molecule has 0 amide bonds. The lowest BCUT2D eigenvalue weighted by atomic mass is 9.96. The van der Waals surface area contributed by atoms with Crippen molar-refractivity contribution in [2.24, 2.45) is 0 Å². The number of carboxylic acids is 1. The maximum absolute atomic E-state index is 12.3. The zero-order chi connectivity index (χ0) is 15.0. The molecule has 3 rings (SSSR count). The van der Waals surface area contributed by atoms with Crippen LogP contribution in [-0.2, 0) is 11.3 Å². The van der Waals surface area contributed by atoms with E-state index in [1.54, 1.807) is 18.2 Å². The van der Waals surface area contributed by atoms with Crippen molar-refractivity contribution in [2.75, 3.05) is 0 Å². The molecule has 1 aromatic carbocycles. The van der Waals surface area contributed by atoms with Crippen molar-refractivity contribution in [3.63, 3.8) is 0 Å². The number of fused-ring (bicyclic) bond motifs is 1. The standard InChI is InChI=1S/C14H13BrN2O4/c15-8-4-5-10-11(6-8)13(21-9-2-1-3-9)16-17(14(10)20)7-12(18)19/h4-6,9H,1-3,7H2,(H,18,19). The second-order valence-corrected chi connectivity index (χ2v) is 5.94. The zero-order valence-electron chi connectivity index (χ0n) is 11.1. The van der Waals surface area contributed by atoms with Crippen LogP contribution in [-0.4, -0.2) is 27.0 Å². The molecule has 0 saturated heterocycles. The molecule has 7 heteroatoms. The van der Waals surface area contributed by atoms with Gasteiger partial charge in [-0.1, -0.05) is 15.9 Å². The molecule has 0 unspecified atom stereocenters. The Morgan fingerprint density at radius 1 is 1.43 bits per heavy atom. The summed E-state index contributed by atoms with van der Waals surface area (Å²) in [5.74, 6) is -0.799. The molecule has 0 atom stereocenters. The molecule has 21 heavy (non-hydrogen) atoms. The fourth-order valence-electron chi connectivity index (χ4n) is 2.20. The van der Waals surface area contributed by atoms with Crippen LogP contribution in [0.15, 0.2) is 27.5 Å². The lowest BCUT2D eigenvalue weighted by molar-refractivity contribution is -0.138. The summed E-state index contributed by atoms with van der Waals surface area (Å²) < 4.78 is 7.56. The van der Waals surface area contributed by atoms with E-state index in [0.29, 0.717) is 16.7 Å². The number of benzene rings is 1. The molecule has 0 aliphatic heterocycles. The van der Waals surface area contributed by atoms with Crippen molar-refractivity contribution in [2.45, 2.75) is 31.9 Å². The number of rotatable bonds is 4.